The average molecular weight is 384 g/mol. The van der Waals surface area contributed by atoms with Crippen molar-refractivity contribution in [2.24, 2.45) is 5.92 Å². The van der Waals surface area contributed by atoms with E-state index in [-0.39, 0.29) is 36.0 Å². The lowest BCUT2D eigenvalue weighted by atomic mass is 9.80. The number of alkyl halides is 3. The molecule has 2 aromatic rings. The lowest BCUT2D eigenvalue weighted by Crippen LogP contribution is -2.29. The first kappa shape index (κ1) is 18.7. The van der Waals surface area contributed by atoms with Crippen LogP contribution in [0, 0.1) is 18.7 Å². The Morgan fingerprint density at radius 1 is 1.11 bits per heavy atom. The predicted molar refractivity (Wildman–Crippen MR) is 93.3 cm³/mol. The third kappa shape index (κ3) is 3.56. The maximum absolute atomic E-state index is 15.1. The van der Waals surface area contributed by atoms with Crippen LogP contribution in [0.25, 0.3) is 5.65 Å². The van der Waals surface area contributed by atoms with Gasteiger partial charge in [-0.05, 0) is 58.1 Å². The summed E-state index contributed by atoms with van der Waals surface area (Å²) >= 11 is 0. The topological polar surface area (TPSA) is 42.2 Å². The minimum absolute atomic E-state index is 0.0351. The van der Waals surface area contributed by atoms with E-state index >= 15 is 4.39 Å². The highest BCUT2D eigenvalue weighted by molar-refractivity contribution is 5.45. The van der Waals surface area contributed by atoms with Gasteiger partial charge < -0.3 is 5.32 Å². The smallest absolute Gasteiger partial charge is 0.316 e. The molecule has 0 unspecified atom stereocenters. The van der Waals surface area contributed by atoms with Crippen LogP contribution in [0.15, 0.2) is 6.07 Å². The third-order valence-corrected chi connectivity index (χ3v) is 6.01. The molecule has 0 spiro atoms. The van der Waals surface area contributed by atoms with Crippen molar-refractivity contribution >= 4 is 5.65 Å². The van der Waals surface area contributed by atoms with Gasteiger partial charge in [-0.25, -0.2) is 13.9 Å². The highest BCUT2D eigenvalue weighted by Crippen LogP contribution is 2.43. The molecule has 0 radical (unpaired) electrons. The summed E-state index contributed by atoms with van der Waals surface area (Å²) in [6, 6.07) is 1.95. The average Bonchev–Trinajstić information content (AvgIpc) is 2.98. The molecular weight excluding hydrogens is 360 g/mol. The first-order valence-corrected chi connectivity index (χ1v) is 9.67. The van der Waals surface area contributed by atoms with E-state index in [0.717, 1.165) is 37.3 Å². The number of piperidine rings is 1. The molecule has 0 bridgehead atoms. The number of nitrogens with one attached hydrogen (secondary N) is 1. The minimum Gasteiger partial charge on any atom is -0.316 e. The van der Waals surface area contributed by atoms with Crippen LogP contribution >= 0.6 is 0 Å². The molecule has 3 heterocycles. The van der Waals surface area contributed by atoms with Crippen LogP contribution in [0.3, 0.4) is 0 Å². The van der Waals surface area contributed by atoms with E-state index in [0.29, 0.717) is 12.8 Å². The predicted octanol–water partition coefficient (Wildman–Crippen LogP) is 4.48. The van der Waals surface area contributed by atoms with Gasteiger partial charge in [0.1, 0.15) is 5.69 Å². The SMILES string of the molecule is Cc1cc([C@@H]2CCCNC2)n2nc([C@H]3CC[C@H](C(F)(F)F)CC3)c(F)c2n1. The second-order valence-electron chi connectivity index (χ2n) is 7.89. The number of hydrogen-bond donors (Lipinski definition) is 1. The molecule has 1 aliphatic carbocycles. The van der Waals surface area contributed by atoms with Gasteiger partial charge >= 0.3 is 6.18 Å². The molecule has 1 aliphatic heterocycles. The van der Waals surface area contributed by atoms with Crippen molar-refractivity contribution in [3.63, 3.8) is 0 Å². The van der Waals surface area contributed by atoms with E-state index in [2.05, 4.69) is 15.4 Å². The van der Waals surface area contributed by atoms with Gasteiger partial charge in [0.05, 0.1) is 11.6 Å². The molecule has 2 fully saturated rings. The number of rotatable bonds is 2. The molecule has 4 rings (SSSR count). The molecule has 8 heteroatoms. The van der Waals surface area contributed by atoms with Crippen molar-refractivity contribution in [2.45, 2.75) is 63.5 Å². The molecular formula is C19H24F4N4. The van der Waals surface area contributed by atoms with E-state index in [1.807, 2.05) is 13.0 Å². The Hall–Kier alpha value is -1.70. The summed E-state index contributed by atoms with van der Waals surface area (Å²) in [4.78, 5) is 4.33. The highest BCUT2D eigenvalue weighted by atomic mass is 19.4. The van der Waals surface area contributed by atoms with E-state index in [4.69, 9.17) is 0 Å². The van der Waals surface area contributed by atoms with Crippen LogP contribution in [0.5, 0.6) is 0 Å². The Labute approximate surface area is 155 Å². The van der Waals surface area contributed by atoms with Gasteiger partial charge in [-0.2, -0.15) is 18.3 Å². The Morgan fingerprint density at radius 2 is 1.85 bits per heavy atom. The first-order valence-electron chi connectivity index (χ1n) is 9.67. The Balaban J connectivity index is 1.66. The number of aromatic nitrogens is 3. The summed E-state index contributed by atoms with van der Waals surface area (Å²) in [6.45, 7) is 3.62. The summed E-state index contributed by atoms with van der Waals surface area (Å²) < 4.78 is 55.4. The monoisotopic (exact) mass is 384 g/mol. The van der Waals surface area contributed by atoms with Gasteiger partial charge in [-0.1, -0.05) is 0 Å². The van der Waals surface area contributed by atoms with Crippen molar-refractivity contribution in [1.82, 2.24) is 19.9 Å². The Kier molecular flexibility index (Phi) is 4.86. The van der Waals surface area contributed by atoms with Gasteiger partial charge in [0.2, 0.25) is 0 Å². The number of hydrogen-bond acceptors (Lipinski definition) is 3. The standard InChI is InChI=1S/C19H24F4N4/c1-11-9-15(13-3-2-8-24-10-13)27-18(25-11)16(20)17(26-27)12-4-6-14(7-5-12)19(21,22)23/h9,12-14,24H,2-8,10H2,1H3/t12-,13-,14-/m1/s1. The van der Waals surface area contributed by atoms with Crippen LogP contribution in [-0.2, 0) is 0 Å². The van der Waals surface area contributed by atoms with Crippen molar-refractivity contribution in [3.05, 3.63) is 29.0 Å². The van der Waals surface area contributed by atoms with Crippen LogP contribution in [-0.4, -0.2) is 33.9 Å². The zero-order valence-electron chi connectivity index (χ0n) is 15.3. The van der Waals surface area contributed by atoms with E-state index in [1.54, 1.807) is 4.52 Å². The molecule has 27 heavy (non-hydrogen) atoms. The number of halogens is 4. The van der Waals surface area contributed by atoms with Crippen LogP contribution in [0.1, 0.15) is 67.4 Å². The Bertz CT molecular complexity index is 815. The largest absolute Gasteiger partial charge is 0.391 e. The van der Waals surface area contributed by atoms with E-state index < -0.39 is 17.9 Å². The van der Waals surface area contributed by atoms with E-state index in [9.17, 15) is 13.2 Å². The van der Waals surface area contributed by atoms with Crippen molar-refractivity contribution in [1.29, 1.82) is 0 Å². The number of aryl methyl sites for hydroxylation is 1. The van der Waals surface area contributed by atoms with Crippen molar-refractivity contribution in [2.75, 3.05) is 13.1 Å². The fraction of sp³-hybridized carbons (Fsp3) is 0.684. The normalized spacial score (nSPS) is 27.2. The number of fused-ring (bicyclic) bond motifs is 1. The molecule has 0 aromatic carbocycles. The zero-order valence-corrected chi connectivity index (χ0v) is 15.3. The second kappa shape index (κ2) is 7.04. The quantitative estimate of drug-likeness (QED) is 0.777. The fourth-order valence-electron chi connectivity index (χ4n) is 4.51. The molecule has 1 saturated carbocycles. The summed E-state index contributed by atoms with van der Waals surface area (Å²) in [5.74, 6) is -1.80. The van der Waals surface area contributed by atoms with Gasteiger partial charge in [-0.15, -0.1) is 0 Å². The maximum Gasteiger partial charge on any atom is 0.391 e. The summed E-state index contributed by atoms with van der Waals surface area (Å²) in [7, 11) is 0. The Morgan fingerprint density at radius 3 is 2.48 bits per heavy atom. The van der Waals surface area contributed by atoms with Crippen molar-refractivity contribution < 1.29 is 17.6 Å². The van der Waals surface area contributed by atoms with Gasteiger partial charge in [0.25, 0.3) is 0 Å². The van der Waals surface area contributed by atoms with Crippen LogP contribution < -0.4 is 5.32 Å². The number of nitrogens with zero attached hydrogens (tertiary/aromatic N) is 3. The van der Waals surface area contributed by atoms with E-state index in [1.165, 1.54) is 0 Å². The first-order chi connectivity index (χ1) is 12.8. The summed E-state index contributed by atoms with van der Waals surface area (Å²) in [5, 5.41) is 7.87. The zero-order chi connectivity index (χ0) is 19.2. The lowest BCUT2D eigenvalue weighted by Gasteiger charge is -2.28. The van der Waals surface area contributed by atoms with Gasteiger partial charge in [-0.3, -0.25) is 0 Å². The molecule has 1 saturated heterocycles. The van der Waals surface area contributed by atoms with Gasteiger partial charge in [0.15, 0.2) is 11.5 Å². The van der Waals surface area contributed by atoms with Gasteiger partial charge in [0, 0.05) is 24.1 Å². The third-order valence-electron chi connectivity index (χ3n) is 6.01. The second-order valence-corrected chi connectivity index (χ2v) is 7.89. The van der Waals surface area contributed by atoms with Crippen LogP contribution in [0.4, 0.5) is 17.6 Å². The minimum atomic E-state index is -4.16. The maximum atomic E-state index is 15.1. The summed E-state index contributed by atoms with van der Waals surface area (Å²) in [6.07, 6.45) is -1.43. The molecule has 1 N–H and O–H groups in total. The molecule has 2 aromatic heterocycles. The molecule has 2 aliphatic rings. The molecule has 148 valence electrons. The fourth-order valence-corrected chi connectivity index (χ4v) is 4.51. The van der Waals surface area contributed by atoms with Crippen LogP contribution in [0.2, 0.25) is 0 Å². The van der Waals surface area contributed by atoms with Crippen molar-refractivity contribution in [3.8, 4) is 0 Å². The highest BCUT2D eigenvalue weighted by Gasteiger charge is 2.42. The molecule has 0 amide bonds. The molecule has 1 atom stereocenters. The molecule has 4 nitrogen and oxygen atoms in total. The lowest BCUT2D eigenvalue weighted by molar-refractivity contribution is -0.182. The summed E-state index contributed by atoms with van der Waals surface area (Å²) in [5.41, 5.74) is 2.13.